The van der Waals surface area contributed by atoms with Crippen LogP contribution in [0.1, 0.15) is 51.2 Å². The second kappa shape index (κ2) is 11.6. The van der Waals surface area contributed by atoms with Gasteiger partial charge in [0.15, 0.2) is 6.29 Å². The molecule has 1 aliphatic rings. The highest BCUT2D eigenvalue weighted by atomic mass is 16.7. The summed E-state index contributed by atoms with van der Waals surface area (Å²) in [5, 5.41) is 2.68. The van der Waals surface area contributed by atoms with E-state index < -0.39 is 11.7 Å². The molecule has 0 aromatic heterocycles. The van der Waals surface area contributed by atoms with Crippen LogP contribution in [0.15, 0.2) is 42.5 Å². The standard InChI is InChI=1S/C26H32N2O5/c1-26(2,3)33-25(29)28-22-18-23(30-15-16-32-24-11-7-8-14-31-24)20(17-21(22)27)13-12-19-9-5-4-6-10-19/h4-6,9-10,17-18,24H,7-8,11,14-16,27H2,1-3H3,(H,28,29). The lowest BCUT2D eigenvalue weighted by molar-refractivity contribution is -0.165. The molecule has 1 amide bonds. The van der Waals surface area contributed by atoms with E-state index in [0.717, 1.165) is 31.4 Å². The molecule has 0 spiro atoms. The van der Waals surface area contributed by atoms with Crippen molar-refractivity contribution < 1.29 is 23.7 Å². The van der Waals surface area contributed by atoms with Gasteiger partial charge in [0, 0.05) is 18.2 Å². The maximum atomic E-state index is 12.2. The third-order valence-electron chi connectivity index (χ3n) is 4.69. The van der Waals surface area contributed by atoms with Gasteiger partial charge in [-0.1, -0.05) is 30.0 Å². The predicted octanol–water partition coefficient (Wildman–Crippen LogP) is 4.94. The number of amides is 1. The Balaban J connectivity index is 1.74. The Hall–Kier alpha value is -3.21. The van der Waals surface area contributed by atoms with E-state index in [4.69, 9.17) is 24.7 Å². The summed E-state index contributed by atoms with van der Waals surface area (Å²) in [6, 6.07) is 13.0. The van der Waals surface area contributed by atoms with E-state index in [1.165, 1.54) is 0 Å². The molecule has 7 nitrogen and oxygen atoms in total. The Bertz CT molecular complexity index is 983. The van der Waals surface area contributed by atoms with Gasteiger partial charge < -0.3 is 24.7 Å². The quantitative estimate of drug-likeness (QED) is 0.367. The second-order valence-electron chi connectivity index (χ2n) is 8.69. The predicted molar refractivity (Wildman–Crippen MR) is 128 cm³/mol. The minimum absolute atomic E-state index is 0.185. The first kappa shape index (κ1) is 24.4. The van der Waals surface area contributed by atoms with Gasteiger partial charge in [-0.05, 0) is 58.2 Å². The molecule has 7 heteroatoms. The summed E-state index contributed by atoms with van der Waals surface area (Å²) in [5.41, 5.74) is 7.79. The van der Waals surface area contributed by atoms with Crippen LogP contribution < -0.4 is 15.8 Å². The van der Waals surface area contributed by atoms with Crippen molar-refractivity contribution in [3.63, 3.8) is 0 Å². The first-order valence-electron chi connectivity index (χ1n) is 11.2. The Kier molecular flexibility index (Phi) is 8.58. The van der Waals surface area contributed by atoms with Crippen LogP contribution in [0.5, 0.6) is 5.75 Å². The van der Waals surface area contributed by atoms with Gasteiger partial charge in [0.2, 0.25) is 0 Å². The fourth-order valence-corrected chi connectivity index (χ4v) is 3.17. The van der Waals surface area contributed by atoms with Crippen LogP contribution in [0.2, 0.25) is 0 Å². The van der Waals surface area contributed by atoms with Crippen LogP contribution in [0, 0.1) is 11.8 Å². The number of nitrogens with two attached hydrogens (primary N) is 1. The van der Waals surface area contributed by atoms with E-state index >= 15 is 0 Å². The normalized spacial score (nSPS) is 15.8. The van der Waals surface area contributed by atoms with Crippen molar-refractivity contribution >= 4 is 17.5 Å². The largest absolute Gasteiger partial charge is 0.490 e. The fraction of sp³-hybridized carbons (Fsp3) is 0.423. The van der Waals surface area contributed by atoms with Crippen LogP contribution in [0.4, 0.5) is 16.2 Å². The smallest absolute Gasteiger partial charge is 0.412 e. The molecule has 2 aromatic rings. The average molecular weight is 453 g/mol. The minimum atomic E-state index is -0.627. The van der Waals surface area contributed by atoms with Gasteiger partial charge in [-0.2, -0.15) is 0 Å². The Morgan fingerprint density at radius 3 is 2.64 bits per heavy atom. The maximum Gasteiger partial charge on any atom is 0.412 e. The molecule has 0 bridgehead atoms. The third kappa shape index (κ3) is 8.33. The summed E-state index contributed by atoms with van der Waals surface area (Å²) >= 11 is 0. The molecule has 0 saturated carbocycles. The van der Waals surface area contributed by atoms with E-state index in [1.54, 1.807) is 32.9 Å². The molecule has 2 aromatic carbocycles. The summed E-state index contributed by atoms with van der Waals surface area (Å²) in [4.78, 5) is 12.2. The monoisotopic (exact) mass is 452 g/mol. The van der Waals surface area contributed by atoms with Crippen LogP contribution in [0.25, 0.3) is 0 Å². The Morgan fingerprint density at radius 1 is 1.15 bits per heavy atom. The zero-order valence-corrected chi connectivity index (χ0v) is 19.5. The lowest BCUT2D eigenvalue weighted by Crippen LogP contribution is -2.27. The summed E-state index contributed by atoms with van der Waals surface area (Å²) in [6.45, 7) is 6.78. The van der Waals surface area contributed by atoms with E-state index in [1.807, 2.05) is 30.3 Å². The Morgan fingerprint density at radius 2 is 1.94 bits per heavy atom. The molecule has 33 heavy (non-hydrogen) atoms. The Labute approximate surface area is 195 Å². The number of benzene rings is 2. The van der Waals surface area contributed by atoms with E-state index in [9.17, 15) is 4.79 Å². The van der Waals surface area contributed by atoms with Gasteiger partial charge in [0.05, 0.1) is 23.5 Å². The van der Waals surface area contributed by atoms with Crippen LogP contribution in [0.3, 0.4) is 0 Å². The molecule has 0 aliphatic carbocycles. The van der Waals surface area contributed by atoms with Crippen molar-refractivity contribution in [2.75, 3.05) is 30.9 Å². The molecule has 176 valence electrons. The van der Waals surface area contributed by atoms with Crippen LogP contribution in [-0.4, -0.2) is 37.8 Å². The summed E-state index contributed by atoms with van der Waals surface area (Å²) < 4.78 is 22.6. The van der Waals surface area contributed by atoms with Crippen LogP contribution in [-0.2, 0) is 14.2 Å². The highest BCUT2D eigenvalue weighted by Crippen LogP contribution is 2.30. The number of nitrogen functional groups attached to an aromatic ring is 1. The van der Waals surface area contributed by atoms with E-state index in [0.29, 0.717) is 35.9 Å². The lowest BCUT2D eigenvalue weighted by Gasteiger charge is -2.23. The lowest BCUT2D eigenvalue weighted by atomic mass is 10.1. The number of anilines is 2. The molecule has 1 atom stereocenters. The zero-order chi connectivity index (χ0) is 23.7. The first-order valence-corrected chi connectivity index (χ1v) is 11.2. The van der Waals surface area contributed by atoms with Crippen molar-refractivity contribution in [2.24, 2.45) is 0 Å². The minimum Gasteiger partial charge on any atom is -0.490 e. The summed E-state index contributed by atoms with van der Waals surface area (Å²) in [7, 11) is 0. The van der Waals surface area contributed by atoms with Gasteiger partial charge in [0.1, 0.15) is 18.0 Å². The highest BCUT2D eigenvalue weighted by Gasteiger charge is 2.18. The number of rotatable bonds is 6. The number of carbonyl (C=O) groups is 1. The van der Waals surface area contributed by atoms with Crippen LogP contribution >= 0.6 is 0 Å². The molecular formula is C26H32N2O5. The number of nitrogens with one attached hydrogen (secondary N) is 1. The fourth-order valence-electron chi connectivity index (χ4n) is 3.17. The SMILES string of the molecule is CC(C)(C)OC(=O)Nc1cc(OCCOC2CCCCO2)c(C#Cc2ccccc2)cc1N. The van der Waals surface area contributed by atoms with Gasteiger partial charge in [0.25, 0.3) is 0 Å². The van der Waals surface area contributed by atoms with E-state index in [-0.39, 0.29) is 6.29 Å². The molecule has 1 aliphatic heterocycles. The molecule has 3 rings (SSSR count). The van der Waals surface area contributed by atoms with E-state index in [2.05, 4.69) is 17.2 Å². The molecular weight excluding hydrogens is 420 g/mol. The topological polar surface area (TPSA) is 92.0 Å². The maximum absolute atomic E-state index is 12.2. The molecule has 1 fully saturated rings. The van der Waals surface area contributed by atoms with Gasteiger partial charge in [-0.25, -0.2) is 4.79 Å². The molecule has 1 unspecified atom stereocenters. The van der Waals surface area contributed by atoms with Crippen molar-refractivity contribution in [1.29, 1.82) is 0 Å². The number of hydrogen-bond acceptors (Lipinski definition) is 6. The molecule has 1 heterocycles. The molecule has 0 radical (unpaired) electrons. The second-order valence-corrected chi connectivity index (χ2v) is 8.69. The van der Waals surface area contributed by atoms with Crippen molar-refractivity contribution in [2.45, 2.75) is 51.9 Å². The molecule has 1 saturated heterocycles. The highest BCUT2D eigenvalue weighted by molar-refractivity contribution is 5.90. The van der Waals surface area contributed by atoms with Crippen molar-refractivity contribution in [3.05, 3.63) is 53.6 Å². The summed E-state index contributed by atoms with van der Waals surface area (Å²) in [6.07, 6.45) is 2.28. The summed E-state index contributed by atoms with van der Waals surface area (Å²) in [5.74, 6) is 6.72. The van der Waals surface area contributed by atoms with Gasteiger partial charge in [-0.3, -0.25) is 5.32 Å². The van der Waals surface area contributed by atoms with Gasteiger partial charge in [-0.15, -0.1) is 0 Å². The third-order valence-corrected chi connectivity index (χ3v) is 4.69. The first-order chi connectivity index (χ1) is 15.8. The zero-order valence-electron chi connectivity index (χ0n) is 19.5. The molecule has 3 N–H and O–H groups in total. The number of ether oxygens (including phenoxy) is 4. The number of carbonyl (C=O) groups excluding carboxylic acids is 1. The van der Waals surface area contributed by atoms with Crippen molar-refractivity contribution in [3.8, 4) is 17.6 Å². The van der Waals surface area contributed by atoms with Crippen molar-refractivity contribution in [1.82, 2.24) is 0 Å². The average Bonchev–Trinajstić information content (AvgIpc) is 2.77. The van der Waals surface area contributed by atoms with Gasteiger partial charge >= 0.3 is 6.09 Å². The number of hydrogen-bond donors (Lipinski definition) is 2.